The Hall–Kier alpha value is -2.10. The van der Waals surface area contributed by atoms with Crippen LogP contribution >= 0.6 is 23.2 Å². The first-order chi connectivity index (χ1) is 15.7. The largest absolute Gasteiger partial charge is 0.492 e. The molecule has 3 N–H and O–H groups in total. The predicted octanol–water partition coefficient (Wildman–Crippen LogP) is 3.68. The van der Waals surface area contributed by atoms with Crippen LogP contribution in [0.3, 0.4) is 0 Å². The minimum atomic E-state index is -3.62. The van der Waals surface area contributed by atoms with Crippen LogP contribution in [0.15, 0.2) is 53.7 Å². The third-order valence-corrected chi connectivity index (χ3v) is 7.89. The summed E-state index contributed by atoms with van der Waals surface area (Å²) in [5, 5.41) is 5.13. The Labute approximate surface area is 203 Å². The Morgan fingerprint density at radius 1 is 1.24 bits per heavy atom. The summed E-state index contributed by atoms with van der Waals surface area (Å²) in [6, 6.07) is 11.5. The number of hydrogen-bond acceptors (Lipinski definition) is 5. The quantitative estimate of drug-likeness (QED) is 0.452. The van der Waals surface area contributed by atoms with Crippen molar-refractivity contribution in [2.24, 2.45) is 12.8 Å². The van der Waals surface area contributed by atoms with Gasteiger partial charge in [0.15, 0.2) is 0 Å². The molecule has 0 spiro atoms. The van der Waals surface area contributed by atoms with Crippen molar-refractivity contribution in [1.29, 1.82) is 0 Å². The standard InChI is InChI=1S/C23H26Cl2N4O3S/c1-29-14-19(13-27-29)33(30,31)28-8-9-32-18-6-3-15-4-7-23(26)21(20(15)12-18)10-16-2-5-17(24)11-22(16)25/h2-3,5-6,11-14,21,23,28H,4,7-10,26H2,1H3. The maximum Gasteiger partial charge on any atom is 0.243 e. The summed E-state index contributed by atoms with van der Waals surface area (Å²) in [5.41, 5.74) is 9.90. The summed E-state index contributed by atoms with van der Waals surface area (Å²) in [6.45, 7) is 0.329. The Kier molecular flexibility index (Phi) is 7.31. The van der Waals surface area contributed by atoms with Gasteiger partial charge in [-0.3, -0.25) is 4.68 Å². The van der Waals surface area contributed by atoms with Crippen molar-refractivity contribution in [2.75, 3.05) is 13.2 Å². The maximum absolute atomic E-state index is 12.3. The number of nitrogens with two attached hydrogens (primary N) is 1. The average Bonchev–Trinajstić information content (AvgIpc) is 3.22. The number of ether oxygens (including phenoxy) is 1. The van der Waals surface area contributed by atoms with Crippen molar-refractivity contribution >= 4 is 33.2 Å². The Balaban J connectivity index is 1.43. The molecule has 10 heteroatoms. The topological polar surface area (TPSA) is 99.2 Å². The van der Waals surface area contributed by atoms with Crippen LogP contribution in [0, 0.1) is 0 Å². The summed E-state index contributed by atoms with van der Waals surface area (Å²) in [6.07, 6.45) is 5.27. The first kappa shape index (κ1) is 24.0. The highest BCUT2D eigenvalue weighted by Crippen LogP contribution is 2.37. The van der Waals surface area contributed by atoms with Gasteiger partial charge >= 0.3 is 0 Å². The van der Waals surface area contributed by atoms with Crippen LogP contribution in [0.5, 0.6) is 5.75 Å². The third-order valence-electron chi connectivity index (χ3n) is 5.89. The normalized spacial score (nSPS) is 18.2. The van der Waals surface area contributed by atoms with Gasteiger partial charge in [0.25, 0.3) is 0 Å². The van der Waals surface area contributed by atoms with Crippen molar-refractivity contribution in [3.8, 4) is 5.75 Å². The zero-order valence-corrected chi connectivity index (χ0v) is 20.5. The van der Waals surface area contributed by atoms with Gasteiger partial charge in [-0.15, -0.1) is 0 Å². The Morgan fingerprint density at radius 2 is 2.06 bits per heavy atom. The van der Waals surface area contributed by atoms with E-state index in [0.717, 1.165) is 24.0 Å². The fraction of sp³-hybridized carbons (Fsp3) is 0.348. The molecule has 4 rings (SSSR count). The van der Waals surface area contributed by atoms with Gasteiger partial charge in [-0.1, -0.05) is 35.3 Å². The minimum absolute atomic E-state index is 0.00536. The van der Waals surface area contributed by atoms with Crippen LogP contribution in [-0.4, -0.2) is 37.4 Å². The van der Waals surface area contributed by atoms with E-state index in [1.165, 1.54) is 22.6 Å². The van der Waals surface area contributed by atoms with Gasteiger partial charge in [-0.25, -0.2) is 13.1 Å². The summed E-state index contributed by atoms with van der Waals surface area (Å²) in [7, 11) is -1.95. The second-order valence-corrected chi connectivity index (χ2v) is 10.8. The van der Waals surface area contributed by atoms with E-state index in [2.05, 4.69) is 15.9 Å². The summed E-state index contributed by atoms with van der Waals surface area (Å²) in [4.78, 5) is 0.122. The number of sulfonamides is 1. The Morgan fingerprint density at radius 3 is 2.79 bits per heavy atom. The van der Waals surface area contributed by atoms with E-state index in [0.29, 0.717) is 22.2 Å². The molecule has 2 atom stereocenters. The summed E-state index contributed by atoms with van der Waals surface area (Å²) >= 11 is 12.5. The van der Waals surface area contributed by atoms with Crippen LogP contribution in [0.1, 0.15) is 29.0 Å². The van der Waals surface area contributed by atoms with E-state index < -0.39 is 10.0 Å². The van der Waals surface area contributed by atoms with Gasteiger partial charge in [0.05, 0.1) is 6.20 Å². The lowest BCUT2D eigenvalue weighted by molar-refractivity contribution is 0.321. The second-order valence-electron chi connectivity index (χ2n) is 8.21. The number of hydrogen-bond donors (Lipinski definition) is 2. The molecular weight excluding hydrogens is 483 g/mol. The highest BCUT2D eigenvalue weighted by molar-refractivity contribution is 7.89. The molecule has 0 amide bonds. The number of aromatic nitrogens is 2. The molecule has 176 valence electrons. The number of nitrogens with one attached hydrogen (secondary N) is 1. The smallest absolute Gasteiger partial charge is 0.243 e. The van der Waals surface area contributed by atoms with Gasteiger partial charge in [0.2, 0.25) is 10.0 Å². The average molecular weight is 509 g/mol. The maximum atomic E-state index is 12.3. The number of rotatable bonds is 8. The second kappa shape index (κ2) is 10.0. The van der Waals surface area contributed by atoms with Crippen LogP contribution in [0.2, 0.25) is 10.0 Å². The van der Waals surface area contributed by atoms with Crippen LogP contribution in [0.25, 0.3) is 0 Å². The fourth-order valence-electron chi connectivity index (χ4n) is 4.14. The van der Waals surface area contributed by atoms with E-state index in [-0.39, 0.29) is 30.0 Å². The molecule has 1 aromatic heterocycles. The molecule has 2 unspecified atom stereocenters. The first-order valence-corrected chi connectivity index (χ1v) is 12.9. The van der Waals surface area contributed by atoms with Gasteiger partial charge in [-0.05, 0) is 60.2 Å². The zero-order valence-electron chi connectivity index (χ0n) is 18.2. The first-order valence-electron chi connectivity index (χ1n) is 10.7. The van der Waals surface area contributed by atoms with E-state index in [1.807, 2.05) is 24.3 Å². The van der Waals surface area contributed by atoms with E-state index >= 15 is 0 Å². The van der Waals surface area contributed by atoms with Crippen molar-refractivity contribution in [3.05, 3.63) is 75.5 Å². The number of fused-ring (bicyclic) bond motifs is 1. The monoisotopic (exact) mass is 508 g/mol. The SMILES string of the molecule is Cn1cc(S(=O)(=O)NCCOc2ccc3c(c2)C(Cc2ccc(Cl)cc2Cl)C(N)CC3)cn1. The lowest BCUT2D eigenvalue weighted by Gasteiger charge is -2.32. The molecule has 7 nitrogen and oxygen atoms in total. The lowest BCUT2D eigenvalue weighted by Crippen LogP contribution is -2.34. The highest BCUT2D eigenvalue weighted by atomic mass is 35.5. The zero-order chi connectivity index (χ0) is 23.6. The molecule has 0 saturated heterocycles. The third kappa shape index (κ3) is 5.70. The van der Waals surface area contributed by atoms with Crippen molar-refractivity contribution in [2.45, 2.75) is 36.1 Å². The van der Waals surface area contributed by atoms with E-state index in [9.17, 15) is 8.42 Å². The van der Waals surface area contributed by atoms with Crippen LogP contribution in [0.4, 0.5) is 0 Å². The molecule has 2 aromatic carbocycles. The number of benzene rings is 2. The summed E-state index contributed by atoms with van der Waals surface area (Å²) < 4.78 is 34.4. The number of halogens is 2. The molecule has 0 aliphatic heterocycles. The molecule has 3 aromatic rings. The van der Waals surface area contributed by atoms with Gasteiger partial charge < -0.3 is 10.5 Å². The van der Waals surface area contributed by atoms with Crippen LogP contribution < -0.4 is 15.2 Å². The lowest BCUT2D eigenvalue weighted by atomic mass is 9.76. The van der Waals surface area contributed by atoms with Crippen LogP contribution in [-0.2, 0) is 29.9 Å². The molecule has 0 saturated carbocycles. The van der Waals surface area contributed by atoms with Gasteiger partial charge in [-0.2, -0.15) is 5.10 Å². The van der Waals surface area contributed by atoms with E-state index in [4.69, 9.17) is 33.7 Å². The van der Waals surface area contributed by atoms with Crippen molar-refractivity contribution < 1.29 is 13.2 Å². The molecule has 1 heterocycles. The number of aryl methyl sites for hydroxylation is 2. The Bertz CT molecular complexity index is 1250. The van der Waals surface area contributed by atoms with Crippen molar-refractivity contribution in [3.63, 3.8) is 0 Å². The summed E-state index contributed by atoms with van der Waals surface area (Å²) in [5.74, 6) is 0.774. The molecule has 1 aliphatic carbocycles. The minimum Gasteiger partial charge on any atom is -0.492 e. The predicted molar refractivity (Wildman–Crippen MR) is 130 cm³/mol. The molecule has 0 fully saturated rings. The molecule has 33 heavy (non-hydrogen) atoms. The fourth-order valence-corrected chi connectivity index (χ4v) is 5.62. The number of nitrogens with zero attached hydrogens (tertiary/aromatic N) is 2. The van der Waals surface area contributed by atoms with E-state index in [1.54, 1.807) is 13.1 Å². The molecular formula is C23H26Cl2N4O3S. The molecule has 0 radical (unpaired) electrons. The van der Waals surface area contributed by atoms with Gasteiger partial charge in [0, 0.05) is 41.8 Å². The van der Waals surface area contributed by atoms with Gasteiger partial charge in [0.1, 0.15) is 17.3 Å². The van der Waals surface area contributed by atoms with Crippen molar-refractivity contribution in [1.82, 2.24) is 14.5 Å². The molecule has 0 bridgehead atoms. The molecule has 1 aliphatic rings. The highest BCUT2D eigenvalue weighted by Gasteiger charge is 2.28.